The van der Waals surface area contributed by atoms with Crippen LogP contribution in [0.25, 0.3) is 0 Å². The molecule has 5 heteroatoms. The van der Waals surface area contributed by atoms with Gasteiger partial charge in [-0.25, -0.2) is 0 Å². The number of hydrogen-bond acceptors (Lipinski definition) is 5. The first-order chi connectivity index (χ1) is 8.22. The predicted octanol–water partition coefficient (Wildman–Crippen LogP) is -0.358. The van der Waals surface area contributed by atoms with E-state index in [0.29, 0.717) is 6.61 Å². The lowest BCUT2D eigenvalue weighted by molar-refractivity contribution is -0.132. The van der Waals surface area contributed by atoms with Crippen molar-refractivity contribution in [3.8, 4) is 0 Å². The van der Waals surface area contributed by atoms with E-state index in [1.807, 2.05) is 30.3 Å². The van der Waals surface area contributed by atoms with Gasteiger partial charge in [0.05, 0.1) is 13.2 Å². The highest BCUT2D eigenvalue weighted by molar-refractivity contribution is 5.13. The normalized spacial score (nSPS) is 32.9. The zero-order valence-electron chi connectivity index (χ0n) is 9.27. The molecule has 2 rings (SSSR count). The van der Waals surface area contributed by atoms with Crippen molar-refractivity contribution in [1.29, 1.82) is 0 Å². The molecule has 1 fully saturated rings. The van der Waals surface area contributed by atoms with Crippen molar-refractivity contribution in [3.63, 3.8) is 0 Å². The molecule has 1 aliphatic rings. The Labute approximate surface area is 99.2 Å². The Morgan fingerprint density at radius 3 is 2.53 bits per heavy atom. The minimum atomic E-state index is -1.30. The second kappa shape index (κ2) is 5.57. The average molecular weight is 240 g/mol. The highest BCUT2D eigenvalue weighted by Crippen LogP contribution is 2.23. The summed E-state index contributed by atoms with van der Waals surface area (Å²) >= 11 is 0. The van der Waals surface area contributed by atoms with E-state index in [4.69, 9.17) is 14.6 Å². The lowest BCUT2D eigenvalue weighted by Crippen LogP contribution is -2.36. The Hall–Kier alpha value is -0.980. The molecule has 1 aliphatic heterocycles. The van der Waals surface area contributed by atoms with Crippen molar-refractivity contribution < 1.29 is 24.8 Å². The van der Waals surface area contributed by atoms with E-state index in [-0.39, 0.29) is 6.61 Å². The number of aliphatic hydroxyl groups is 3. The van der Waals surface area contributed by atoms with E-state index in [9.17, 15) is 10.2 Å². The molecule has 5 nitrogen and oxygen atoms in total. The molecule has 1 aromatic carbocycles. The molecule has 94 valence electrons. The van der Waals surface area contributed by atoms with Crippen LogP contribution < -0.4 is 0 Å². The quantitative estimate of drug-likeness (QED) is 0.670. The Balaban J connectivity index is 1.93. The zero-order chi connectivity index (χ0) is 12.3. The summed E-state index contributed by atoms with van der Waals surface area (Å²) in [6.45, 7) is 0.00270. The molecule has 0 spiro atoms. The smallest absolute Gasteiger partial charge is 0.184 e. The molecule has 4 atom stereocenters. The van der Waals surface area contributed by atoms with E-state index < -0.39 is 24.6 Å². The average Bonchev–Trinajstić information content (AvgIpc) is 2.64. The second-order valence-electron chi connectivity index (χ2n) is 4.00. The van der Waals surface area contributed by atoms with E-state index in [1.54, 1.807) is 0 Å². The van der Waals surface area contributed by atoms with Gasteiger partial charge in [0.15, 0.2) is 6.29 Å². The number of hydrogen-bond donors (Lipinski definition) is 3. The van der Waals surface area contributed by atoms with E-state index in [0.717, 1.165) is 5.56 Å². The standard InChI is InChI=1S/C12H16O5/c13-6-9-11(10(14)12(15)17-9)16-7-8-4-2-1-3-5-8/h1-5,9-15H,6-7H2/t9-,10?,11-,12?/m1/s1. The Morgan fingerprint density at radius 2 is 1.88 bits per heavy atom. The highest BCUT2D eigenvalue weighted by Gasteiger charge is 2.43. The molecule has 0 amide bonds. The summed E-state index contributed by atoms with van der Waals surface area (Å²) in [6, 6.07) is 9.47. The van der Waals surface area contributed by atoms with Crippen LogP contribution in [0.15, 0.2) is 30.3 Å². The first kappa shape index (κ1) is 12.5. The molecule has 0 aliphatic carbocycles. The minimum Gasteiger partial charge on any atom is -0.394 e. The Kier molecular flexibility index (Phi) is 4.09. The van der Waals surface area contributed by atoms with Crippen molar-refractivity contribution >= 4 is 0 Å². The van der Waals surface area contributed by atoms with E-state index >= 15 is 0 Å². The van der Waals surface area contributed by atoms with E-state index in [2.05, 4.69) is 0 Å². The van der Waals surface area contributed by atoms with Crippen molar-refractivity contribution in [1.82, 2.24) is 0 Å². The maximum absolute atomic E-state index is 9.63. The van der Waals surface area contributed by atoms with Gasteiger partial charge in [0.2, 0.25) is 0 Å². The monoisotopic (exact) mass is 240 g/mol. The lowest BCUT2D eigenvalue weighted by Gasteiger charge is -2.19. The van der Waals surface area contributed by atoms with Crippen LogP contribution in [-0.2, 0) is 16.1 Å². The molecule has 0 radical (unpaired) electrons. The molecule has 17 heavy (non-hydrogen) atoms. The highest BCUT2D eigenvalue weighted by atomic mass is 16.7. The van der Waals surface area contributed by atoms with Crippen LogP contribution in [0.3, 0.4) is 0 Å². The summed E-state index contributed by atoms with van der Waals surface area (Å²) < 4.78 is 10.4. The van der Waals surface area contributed by atoms with Gasteiger partial charge in [-0.05, 0) is 5.56 Å². The summed E-state index contributed by atoms with van der Waals surface area (Å²) in [5.74, 6) is 0. The largest absolute Gasteiger partial charge is 0.394 e. The lowest BCUT2D eigenvalue weighted by atomic mass is 10.1. The number of benzene rings is 1. The predicted molar refractivity (Wildman–Crippen MR) is 59.0 cm³/mol. The Morgan fingerprint density at radius 1 is 1.18 bits per heavy atom. The summed E-state index contributed by atoms with van der Waals surface area (Å²) in [4.78, 5) is 0. The third-order valence-electron chi connectivity index (χ3n) is 2.77. The van der Waals surface area contributed by atoms with Gasteiger partial charge in [-0.15, -0.1) is 0 Å². The first-order valence-electron chi connectivity index (χ1n) is 5.50. The van der Waals surface area contributed by atoms with Crippen LogP contribution in [0, 0.1) is 0 Å². The molecule has 1 aromatic rings. The number of aliphatic hydroxyl groups excluding tert-OH is 3. The molecule has 0 saturated carbocycles. The molecule has 1 heterocycles. The van der Waals surface area contributed by atoms with Gasteiger partial charge in [-0.3, -0.25) is 0 Å². The van der Waals surface area contributed by atoms with Crippen LogP contribution in [0.2, 0.25) is 0 Å². The molecular weight excluding hydrogens is 224 g/mol. The van der Waals surface area contributed by atoms with Crippen molar-refractivity contribution in [3.05, 3.63) is 35.9 Å². The fraction of sp³-hybridized carbons (Fsp3) is 0.500. The summed E-state index contributed by atoms with van der Waals surface area (Å²) in [7, 11) is 0. The SMILES string of the molecule is OC[C@H]1OC(O)C(O)[C@@H]1OCc1ccccc1. The van der Waals surface area contributed by atoms with Gasteiger partial charge < -0.3 is 24.8 Å². The fourth-order valence-electron chi connectivity index (χ4n) is 1.84. The molecule has 1 saturated heterocycles. The van der Waals surface area contributed by atoms with Crippen LogP contribution in [0.1, 0.15) is 5.56 Å². The van der Waals surface area contributed by atoms with Gasteiger partial charge in [-0.2, -0.15) is 0 Å². The molecular formula is C12H16O5. The Bertz CT molecular complexity index is 342. The van der Waals surface area contributed by atoms with Gasteiger partial charge in [-0.1, -0.05) is 30.3 Å². The van der Waals surface area contributed by atoms with Crippen LogP contribution in [0.4, 0.5) is 0 Å². The third-order valence-corrected chi connectivity index (χ3v) is 2.77. The first-order valence-corrected chi connectivity index (χ1v) is 5.50. The summed E-state index contributed by atoms with van der Waals surface area (Å²) in [5, 5.41) is 28.0. The zero-order valence-corrected chi connectivity index (χ0v) is 9.27. The second-order valence-corrected chi connectivity index (χ2v) is 4.00. The van der Waals surface area contributed by atoms with Crippen molar-refractivity contribution in [2.45, 2.75) is 31.2 Å². The number of rotatable bonds is 4. The fourth-order valence-corrected chi connectivity index (χ4v) is 1.84. The van der Waals surface area contributed by atoms with E-state index in [1.165, 1.54) is 0 Å². The third kappa shape index (κ3) is 2.83. The molecule has 0 aromatic heterocycles. The van der Waals surface area contributed by atoms with Gasteiger partial charge in [0.1, 0.15) is 18.3 Å². The van der Waals surface area contributed by atoms with Gasteiger partial charge in [0.25, 0.3) is 0 Å². The topological polar surface area (TPSA) is 79.2 Å². The van der Waals surface area contributed by atoms with Crippen LogP contribution >= 0.6 is 0 Å². The summed E-state index contributed by atoms with van der Waals surface area (Å²) in [6.07, 6.45) is -3.83. The van der Waals surface area contributed by atoms with Crippen molar-refractivity contribution in [2.75, 3.05) is 6.61 Å². The van der Waals surface area contributed by atoms with Crippen LogP contribution in [-0.4, -0.2) is 46.5 Å². The van der Waals surface area contributed by atoms with Gasteiger partial charge >= 0.3 is 0 Å². The minimum absolute atomic E-state index is 0.298. The maximum atomic E-state index is 9.63. The molecule has 3 N–H and O–H groups in total. The maximum Gasteiger partial charge on any atom is 0.184 e. The van der Waals surface area contributed by atoms with Gasteiger partial charge in [0, 0.05) is 0 Å². The van der Waals surface area contributed by atoms with Crippen molar-refractivity contribution in [2.24, 2.45) is 0 Å². The van der Waals surface area contributed by atoms with Crippen LogP contribution in [0.5, 0.6) is 0 Å². The summed E-state index contributed by atoms with van der Waals surface area (Å²) in [5.41, 5.74) is 0.956. The molecule has 2 unspecified atom stereocenters. The number of ether oxygens (including phenoxy) is 2. The molecule has 0 bridgehead atoms.